The Labute approximate surface area is 122 Å². The predicted molar refractivity (Wildman–Crippen MR) is 76.5 cm³/mol. The average molecular weight is 303 g/mol. The van der Waals surface area contributed by atoms with Gasteiger partial charge in [-0.2, -0.15) is 0 Å². The van der Waals surface area contributed by atoms with E-state index in [0.29, 0.717) is 18.8 Å². The number of hydrogen-bond acceptors (Lipinski definition) is 4. The number of carbonyl (C=O) groups excluding carboxylic acids is 1. The van der Waals surface area contributed by atoms with E-state index < -0.39 is 0 Å². The lowest BCUT2D eigenvalue weighted by Crippen LogP contribution is -2.26. The third-order valence-corrected chi connectivity index (χ3v) is 4.06. The zero-order chi connectivity index (χ0) is 13.5. The Morgan fingerprint density at radius 2 is 2.42 bits per heavy atom. The number of thiazole rings is 1. The second-order valence-electron chi connectivity index (χ2n) is 4.76. The van der Waals surface area contributed by atoms with Crippen molar-refractivity contribution >= 4 is 28.8 Å². The molecule has 0 radical (unpaired) electrons. The molecule has 6 heteroatoms. The number of carbonyl (C=O) groups is 1. The van der Waals surface area contributed by atoms with Gasteiger partial charge in [0.15, 0.2) is 0 Å². The van der Waals surface area contributed by atoms with Crippen LogP contribution < -0.4 is 5.32 Å². The number of hydrogen-bond donors (Lipinski definition) is 1. The van der Waals surface area contributed by atoms with E-state index in [1.54, 1.807) is 0 Å². The van der Waals surface area contributed by atoms with Crippen molar-refractivity contribution in [3.8, 4) is 0 Å². The van der Waals surface area contributed by atoms with E-state index in [0.717, 1.165) is 36.3 Å². The van der Waals surface area contributed by atoms with Gasteiger partial charge in [-0.3, -0.25) is 4.79 Å². The lowest BCUT2D eigenvalue weighted by atomic mass is 10.4. The van der Waals surface area contributed by atoms with Crippen LogP contribution in [0.1, 0.15) is 30.0 Å². The summed E-state index contributed by atoms with van der Waals surface area (Å²) in [6.07, 6.45) is 3.83. The highest BCUT2D eigenvalue weighted by Crippen LogP contribution is 2.28. The molecular weight excluding hydrogens is 284 g/mol. The first-order valence-electron chi connectivity index (χ1n) is 6.61. The van der Waals surface area contributed by atoms with E-state index in [1.807, 2.05) is 5.38 Å². The fourth-order valence-corrected chi connectivity index (χ4v) is 2.65. The number of halogens is 1. The number of nitrogens with one attached hydrogen (secondary N) is 1. The maximum absolute atomic E-state index is 11.6. The summed E-state index contributed by atoms with van der Waals surface area (Å²) in [5.74, 6) is 1.21. The van der Waals surface area contributed by atoms with Crippen molar-refractivity contribution in [1.82, 2.24) is 10.3 Å². The van der Waals surface area contributed by atoms with Gasteiger partial charge in [0.05, 0.1) is 18.0 Å². The molecular formula is C13H19ClN2O2S. The molecule has 0 aromatic carbocycles. The molecule has 1 aromatic heterocycles. The summed E-state index contributed by atoms with van der Waals surface area (Å²) >= 11 is 7.14. The van der Waals surface area contributed by atoms with Crippen LogP contribution in [-0.4, -0.2) is 30.6 Å². The van der Waals surface area contributed by atoms with Crippen LogP contribution in [0.4, 0.5) is 0 Å². The molecule has 1 heterocycles. The lowest BCUT2D eigenvalue weighted by Gasteiger charge is -2.05. The summed E-state index contributed by atoms with van der Waals surface area (Å²) in [6.45, 7) is 2.27. The van der Waals surface area contributed by atoms with Gasteiger partial charge in [0.2, 0.25) is 5.91 Å². The number of alkyl halides is 1. The van der Waals surface area contributed by atoms with Crippen molar-refractivity contribution in [3.63, 3.8) is 0 Å². The summed E-state index contributed by atoms with van der Waals surface area (Å²) in [4.78, 5) is 15.9. The molecule has 2 rings (SSSR count). The lowest BCUT2D eigenvalue weighted by molar-refractivity contribution is -0.120. The molecule has 1 aromatic rings. The summed E-state index contributed by atoms with van der Waals surface area (Å²) in [6, 6.07) is 0. The van der Waals surface area contributed by atoms with Gasteiger partial charge in [0, 0.05) is 25.1 Å². The van der Waals surface area contributed by atoms with Gasteiger partial charge in [-0.1, -0.05) is 0 Å². The Hall–Kier alpha value is -0.650. The maximum Gasteiger partial charge on any atom is 0.226 e. The van der Waals surface area contributed by atoms with Gasteiger partial charge in [-0.25, -0.2) is 4.98 Å². The number of amides is 1. The van der Waals surface area contributed by atoms with Crippen LogP contribution >= 0.6 is 22.9 Å². The molecule has 1 aliphatic carbocycles. The molecule has 1 N–H and O–H groups in total. The summed E-state index contributed by atoms with van der Waals surface area (Å²) in [5.41, 5.74) is 0.836. The quantitative estimate of drug-likeness (QED) is 0.563. The molecule has 19 heavy (non-hydrogen) atoms. The molecule has 4 nitrogen and oxygen atoms in total. The van der Waals surface area contributed by atoms with Gasteiger partial charge in [-0.15, -0.1) is 22.9 Å². The number of ether oxygens (including phenoxy) is 1. The van der Waals surface area contributed by atoms with E-state index in [2.05, 4.69) is 10.3 Å². The van der Waals surface area contributed by atoms with Gasteiger partial charge in [0.1, 0.15) is 5.01 Å². The summed E-state index contributed by atoms with van der Waals surface area (Å²) < 4.78 is 5.50. The van der Waals surface area contributed by atoms with Gasteiger partial charge in [0.25, 0.3) is 0 Å². The molecule has 1 aliphatic rings. The molecule has 0 aliphatic heterocycles. The highest BCUT2D eigenvalue weighted by atomic mass is 35.5. The Bertz CT molecular complexity index is 407. The van der Waals surface area contributed by atoms with Crippen LogP contribution in [-0.2, 0) is 21.8 Å². The van der Waals surface area contributed by atoms with E-state index in [1.165, 1.54) is 24.2 Å². The van der Waals surface area contributed by atoms with Crippen LogP contribution in [0, 0.1) is 5.92 Å². The monoisotopic (exact) mass is 302 g/mol. The Morgan fingerprint density at radius 1 is 1.58 bits per heavy atom. The van der Waals surface area contributed by atoms with Crippen molar-refractivity contribution in [1.29, 1.82) is 0 Å². The number of aromatic nitrogens is 1. The summed E-state index contributed by atoms with van der Waals surface area (Å²) in [7, 11) is 0. The van der Waals surface area contributed by atoms with E-state index in [4.69, 9.17) is 16.3 Å². The second-order valence-corrected chi connectivity index (χ2v) is 5.97. The molecule has 1 fully saturated rings. The van der Waals surface area contributed by atoms with Crippen molar-refractivity contribution in [2.24, 2.45) is 5.92 Å². The molecule has 0 unspecified atom stereocenters. The van der Waals surface area contributed by atoms with Crippen LogP contribution in [0.15, 0.2) is 5.38 Å². The normalized spacial score (nSPS) is 14.6. The van der Waals surface area contributed by atoms with E-state index >= 15 is 0 Å². The topological polar surface area (TPSA) is 51.2 Å². The number of nitrogens with zero attached hydrogens (tertiary/aromatic N) is 1. The third-order valence-electron chi connectivity index (χ3n) is 2.89. The zero-order valence-corrected chi connectivity index (χ0v) is 12.4. The Balaban J connectivity index is 1.51. The Morgan fingerprint density at radius 3 is 3.11 bits per heavy atom. The van der Waals surface area contributed by atoms with Crippen LogP contribution in [0.5, 0.6) is 0 Å². The van der Waals surface area contributed by atoms with Crippen LogP contribution in [0.3, 0.4) is 0 Å². The molecule has 0 saturated heterocycles. The van der Waals surface area contributed by atoms with Crippen molar-refractivity contribution in [2.75, 3.05) is 19.8 Å². The van der Waals surface area contributed by atoms with Gasteiger partial charge >= 0.3 is 0 Å². The molecule has 1 amide bonds. The number of rotatable bonds is 9. The minimum Gasteiger partial charge on any atom is -0.381 e. The molecule has 106 valence electrons. The highest BCUT2D eigenvalue weighted by Gasteiger charge is 2.20. The minimum atomic E-state index is 0.0117. The summed E-state index contributed by atoms with van der Waals surface area (Å²) in [5, 5.41) is 5.58. The maximum atomic E-state index is 11.6. The Kier molecular flexibility index (Phi) is 6.07. The SMILES string of the molecule is O=C(Cc1nc(CCl)cs1)NCCCOCC1CC1. The van der Waals surface area contributed by atoms with Crippen molar-refractivity contribution in [3.05, 3.63) is 16.1 Å². The zero-order valence-electron chi connectivity index (χ0n) is 10.9. The molecule has 0 spiro atoms. The predicted octanol–water partition coefficient (Wildman–Crippen LogP) is 2.36. The third kappa shape index (κ3) is 5.89. The molecule has 0 bridgehead atoms. The first kappa shape index (κ1) is 14.8. The standard InChI is InChI=1S/C13H19ClN2O2S/c14-7-11-9-19-13(16-11)6-12(17)15-4-1-5-18-8-10-2-3-10/h9-10H,1-8H2,(H,15,17). The fourth-order valence-electron chi connectivity index (χ4n) is 1.63. The molecule has 0 atom stereocenters. The van der Waals surface area contributed by atoms with Crippen LogP contribution in [0.25, 0.3) is 0 Å². The first-order chi connectivity index (χ1) is 9.28. The van der Waals surface area contributed by atoms with Crippen LogP contribution in [0.2, 0.25) is 0 Å². The fraction of sp³-hybridized carbons (Fsp3) is 0.692. The van der Waals surface area contributed by atoms with E-state index in [9.17, 15) is 4.79 Å². The minimum absolute atomic E-state index is 0.0117. The van der Waals surface area contributed by atoms with E-state index in [-0.39, 0.29) is 5.91 Å². The smallest absolute Gasteiger partial charge is 0.226 e. The van der Waals surface area contributed by atoms with Gasteiger partial charge < -0.3 is 10.1 Å². The molecule has 1 saturated carbocycles. The van der Waals surface area contributed by atoms with Gasteiger partial charge in [-0.05, 0) is 25.2 Å². The van der Waals surface area contributed by atoms with Crippen molar-refractivity contribution in [2.45, 2.75) is 31.6 Å². The average Bonchev–Trinajstić information content (AvgIpc) is 3.12. The van der Waals surface area contributed by atoms with Crippen molar-refractivity contribution < 1.29 is 9.53 Å². The first-order valence-corrected chi connectivity index (χ1v) is 8.03. The second kappa shape index (κ2) is 7.82. The highest BCUT2D eigenvalue weighted by molar-refractivity contribution is 7.09. The largest absolute Gasteiger partial charge is 0.381 e.